The van der Waals surface area contributed by atoms with Gasteiger partial charge in [0, 0.05) is 16.0 Å². The Balaban J connectivity index is 1.81. The van der Waals surface area contributed by atoms with Crippen molar-refractivity contribution in [3.63, 3.8) is 0 Å². The molecule has 2 N–H and O–H groups in total. The number of aliphatic hydroxyl groups is 1. The summed E-state index contributed by atoms with van der Waals surface area (Å²) < 4.78 is 0. The molecular formula is C18H16O2S. The lowest BCUT2D eigenvalue weighted by Gasteiger charge is -2.12. The molecule has 2 nitrogen and oxygen atoms in total. The van der Waals surface area contributed by atoms with Crippen LogP contribution >= 0.6 is 11.8 Å². The summed E-state index contributed by atoms with van der Waals surface area (Å²) in [5.41, 5.74) is 0.924. The Morgan fingerprint density at radius 1 is 0.810 bits per heavy atom. The van der Waals surface area contributed by atoms with E-state index in [0.717, 1.165) is 21.2 Å². The minimum absolute atomic E-state index is 0.290. The van der Waals surface area contributed by atoms with E-state index in [2.05, 4.69) is 0 Å². The topological polar surface area (TPSA) is 40.5 Å². The SMILES string of the molecule is Oc1ccc(SCC(O)c2ccccc2)c2ccccc12. The maximum Gasteiger partial charge on any atom is 0.123 e. The van der Waals surface area contributed by atoms with Gasteiger partial charge in [-0.15, -0.1) is 11.8 Å². The highest BCUT2D eigenvalue weighted by Gasteiger charge is 2.10. The van der Waals surface area contributed by atoms with Gasteiger partial charge in [0.1, 0.15) is 5.75 Å². The monoisotopic (exact) mass is 296 g/mol. The Morgan fingerprint density at radius 3 is 2.24 bits per heavy atom. The molecule has 0 aliphatic rings. The standard InChI is InChI=1S/C18H16O2S/c19-16-10-11-18(15-9-5-4-8-14(15)16)21-12-17(20)13-6-2-1-3-7-13/h1-11,17,19-20H,12H2. The van der Waals surface area contributed by atoms with E-state index in [9.17, 15) is 10.2 Å². The summed E-state index contributed by atoms with van der Waals surface area (Å²) in [5.74, 6) is 0.872. The number of hydrogen-bond donors (Lipinski definition) is 2. The normalized spacial score (nSPS) is 12.4. The highest BCUT2D eigenvalue weighted by atomic mass is 32.2. The largest absolute Gasteiger partial charge is 0.507 e. The fourth-order valence-electron chi connectivity index (χ4n) is 2.32. The number of aromatic hydroxyl groups is 1. The third-order valence-corrected chi connectivity index (χ3v) is 4.59. The van der Waals surface area contributed by atoms with Crippen molar-refractivity contribution in [1.82, 2.24) is 0 Å². The molecule has 0 heterocycles. The summed E-state index contributed by atoms with van der Waals surface area (Å²) in [6, 6.07) is 21.0. The number of thioether (sulfide) groups is 1. The number of benzene rings is 3. The lowest BCUT2D eigenvalue weighted by Crippen LogP contribution is -2.00. The van der Waals surface area contributed by atoms with Crippen LogP contribution in [0.25, 0.3) is 10.8 Å². The first-order valence-corrected chi connectivity index (χ1v) is 7.81. The maximum absolute atomic E-state index is 10.2. The van der Waals surface area contributed by atoms with Gasteiger partial charge in [-0.1, -0.05) is 54.6 Å². The Bertz CT molecular complexity index is 741. The zero-order chi connectivity index (χ0) is 14.7. The van der Waals surface area contributed by atoms with Gasteiger partial charge in [-0.25, -0.2) is 0 Å². The molecule has 3 aromatic carbocycles. The first kappa shape index (κ1) is 14.0. The van der Waals surface area contributed by atoms with Crippen molar-refractivity contribution in [2.75, 3.05) is 5.75 Å². The Labute approximate surface area is 128 Å². The summed E-state index contributed by atoms with van der Waals surface area (Å²) in [7, 11) is 0. The highest BCUT2D eigenvalue weighted by molar-refractivity contribution is 7.99. The molecule has 3 heteroatoms. The van der Waals surface area contributed by atoms with E-state index in [0.29, 0.717) is 11.5 Å². The minimum Gasteiger partial charge on any atom is -0.507 e. The van der Waals surface area contributed by atoms with Gasteiger partial charge in [-0.05, 0) is 23.1 Å². The number of phenolic OH excluding ortho intramolecular Hbond substituents is 1. The second kappa shape index (κ2) is 6.20. The molecule has 21 heavy (non-hydrogen) atoms. The molecule has 3 rings (SSSR count). The van der Waals surface area contributed by atoms with Gasteiger partial charge in [-0.2, -0.15) is 0 Å². The third kappa shape index (κ3) is 3.04. The predicted molar refractivity (Wildman–Crippen MR) is 87.7 cm³/mol. The van der Waals surface area contributed by atoms with Gasteiger partial charge in [0.25, 0.3) is 0 Å². The molecule has 0 saturated heterocycles. The van der Waals surface area contributed by atoms with Crippen molar-refractivity contribution < 1.29 is 10.2 Å². The summed E-state index contributed by atoms with van der Waals surface area (Å²) in [4.78, 5) is 1.07. The molecule has 0 aromatic heterocycles. The van der Waals surface area contributed by atoms with E-state index in [-0.39, 0.29) is 0 Å². The van der Waals surface area contributed by atoms with E-state index in [1.54, 1.807) is 17.8 Å². The molecule has 0 aliphatic carbocycles. The minimum atomic E-state index is -0.497. The quantitative estimate of drug-likeness (QED) is 0.702. The predicted octanol–water partition coefficient (Wildman–Crippen LogP) is 4.37. The average Bonchev–Trinajstić information content (AvgIpc) is 2.55. The van der Waals surface area contributed by atoms with Crippen LogP contribution in [-0.2, 0) is 0 Å². The van der Waals surface area contributed by atoms with Crippen molar-refractivity contribution in [2.24, 2.45) is 0 Å². The van der Waals surface area contributed by atoms with Gasteiger partial charge in [-0.3, -0.25) is 0 Å². The lowest BCUT2D eigenvalue weighted by molar-refractivity contribution is 0.204. The number of rotatable bonds is 4. The van der Waals surface area contributed by atoms with E-state index >= 15 is 0 Å². The van der Waals surface area contributed by atoms with Crippen molar-refractivity contribution in [3.05, 3.63) is 72.3 Å². The van der Waals surface area contributed by atoms with E-state index < -0.39 is 6.10 Å². The summed E-state index contributed by atoms with van der Waals surface area (Å²) in [5, 5.41) is 22.0. The van der Waals surface area contributed by atoms with Gasteiger partial charge >= 0.3 is 0 Å². The molecule has 1 unspecified atom stereocenters. The molecule has 0 radical (unpaired) electrons. The molecule has 0 saturated carbocycles. The molecule has 0 fully saturated rings. The van der Waals surface area contributed by atoms with Crippen LogP contribution in [0.3, 0.4) is 0 Å². The molecule has 0 aliphatic heterocycles. The van der Waals surface area contributed by atoms with Gasteiger partial charge < -0.3 is 10.2 Å². The fraction of sp³-hybridized carbons (Fsp3) is 0.111. The van der Waals surface area contributed by atoms with Crippen molar-refractivity contribution >= 4 is 22.5 Å². The Kier molecular flexibility index (Phi) is 4.13. The first-order valence-electron chi connectivity index (χ1n) is 6.82. The Morgan fingerprint density at radius 2 is 1.48 bits per heavy atom. The van der Waals surface area contributed by atoms with Crippen LogP contribution < -0.4 is 0 Å². The van der Waals surface area contributed by atoms with E-state index in [1.165, 1.54) is 0 Å². The van der Waals surface area contributed by atoms with E-state index in [1.807, 2.05) is 60.7 Å². The van der Waals surface area contributed by atoms with E-state index in [4.69, 9.17) is 0 Å². The molecular weight excluding hydrogens is 280 g/mol. The van der Waals surface area contributed by atoms with Gasteiger partial charge in [0.05, 0.1) is 6.10 Å². The molecule has 1 atom stereocenters. The molecule has 0 amide bonds. The van der Waals surface area contributed by atoms with Crippen LogP contribution in [0.2, 0.25) is 0 Å². The van der Waals surface area contributed by atoms with Crippen LogP contribution in [0, 0.1) is 0 Å². The number of phenols is 1. The molecule has 3 aromatic rings. The Hall–Kier alpha value is -1.97. The van der Waals surface area contributed by atoms with Crippen molar-refractivity contribution in [1.29, 1.82) is 0 Å². The van der Waals surface area contributed by atoms with Gasteiger partial charge in [0.15, 0.2) is 0 Å². The summed E-state index contributed by atoms with van der Waals surface area (Å²) >= 11 is 1.60. The second-order valence-electron chi connectivity index (χ2n) is 4.87. The zero-order valence-electron chi connectivity index (χ0n) is 11.4. The molecule has 0 bridgehead atoms. The number of hydrogen-bond acceptors (Lipinski definition) is 3. The molecule has 106 valence electrons. The second-order valence-corrected chi connectivity index (χ2v) is 5.93. The van der Waals surface area contributed by atoms with Crippen LogP contribution in [0.4, 0.5) is 0 Å². The van der Waals surface area contributed by atoms with Crippen LogP contribution in [-0.4, -0.2) is 16.0 Å². The lowest BCUT2D eigenvalue weighted by atomic mass is 10.1. The first-order chi connectivity index (χ1) is 10.3. The van der Waals surface area contributed by atoms with Crippen LogP contribution in [0.15, 0.2) is 71.6 Å². The fourth-order valence-corrected chi connectivity index (χ4v) is 3.35. The van der Waals surface area contributed by atoms with Crippen molar-refractivity contribution in [2.45, 2.75) is 11.0 Å². The molecule has 0 spiro atoms. The van der Waals surface area contributed by atoms with Crippen molar-refractivity contribution in [3.8, 4) is 5.75 Å². The van der Waals surface area contributed by atoms with Crippen LogP contribution in [0.1, 0.15) is 11.7 Å². The smallest absolute Gasteiger partial charge is 0.123 e. The zero-order valence-corrected chi connectivity index (χ0v) is 12.3. The third-order valence-electron chi connectivity index (χ3n) is 3.44. The number of aliphatic hydroxyl groups excluding tert-OH is 1. The number of fused-ring (bicyclic) bond motifs is 1. The highest BCUT2D eigenvalue weighted by Crippen LogP contribution is 2.34. The average molecular weight is 296 g/mol. The van der Waals surface area contributed by atoms with Gasteiger partial charge in [0.2, 0.25) is 0 Å². The summed E-state index contributed by atoms with van der Waals surface area (Å²) in [6.45, 7) is 0. The van der Waals surface area contributed by atoms with Crippen LogP contribution in [0.5, 0.6) is 5.75 Å². The summed E-state index contributed by atoms with van der Waals surface area (Å²) in [6.07, 6.45) is -0.497. The maximum atomic E-state index is 10.2.